The van der Waals surface area contributed by atoms with Crippen LogP contribution in [0.15, 0.2) is 41.8 Å². The van der Waals surface area contributed by atoms with Crippen LogP contribution >= 0.6 is 11.3 Å². The van der Waals surface area contributed by atoms with Crippen molar-refractivity contribution >= 4 is 17.1 Å². The molecule has 1 nitrogen and oxygen atoms in total. The van der Waals surface area contributed by atoms with E-state index in [1.54, 1.807) is 0 Å². The molecule has 0 bridgehead atoms. The highest BCUT2D eigenvalue weighted by atomic mass is 32.1. The lowest BCUT2D eigenvalue weighted by atomic mass is 10.1. The first-order valence-corrected chi connectivity index (χ1v) is 6.24. The standard InChI is InChI=1S/C14H14OS/c1-10(2)12-8-13(16-9-12)14(15)11-6-4-3-5-7-11/h3-10H,1-2H3. The first kappa shape index (κ1) is 11.1. The summed E-state index contributed by atoms with van der Waals surface area (Å²) in [7, 11) is 0. The molecular formula is C14H14OS. The Morgan fingerprint density at radius 3 is 2.44 bits per heavy atom. The smallest absolute Gasteiger partial charge is 0.202 e. The highest BCUT2D eigenvalue weighted by molar-refractivity contribution is 7.12. The number of hydrogen-bond acceptors (Lipinski definition) is 2. The van der Waals surface area contributed by atoms with Crippen LogP contribution in [0, 0.1) is 0 Å². The van der Waals surface area contributed by atoms with Crippen LogP contribution in [-0.4, -0.2) is 5.78 Å². The molecule has 82 valence electrons. The van der Waals surface area contributed by atoms with Gasteiger partial charge in [0.1, 0.15) is 0 Å². The number of rotatable bonds is 3. The molecule has 1 aromatic heterocycles. The first-order valence-electron chi connectivity index (χ1n) is 5.36. The second kappa shape index (κ2) is 4.62. The van der Waals surface area contributed by atoms with Crippen LogP contribution in [0.5, 0.6) is 0 Å². The van der Waals surface area contributed by atoms with E-state index in [0.717, 1.165) is 10.4 Å². The monoisotopic (exact) mass is 230 g/mol. The third-order valence-electron chi connectivity index (χ3n) is 2.55. The molecule has 0 N–H and O–H groups in total. The van der Waals surface area contributed by atoms with Crippen LogP contribution in [0.1, 0.15) is 40.6 Å². The van der Waals surface area contributed by atoms with Gasteiger partial charge in [0.15, 0.2) is 0 Å². The van der Waals surface area contributed by atoms with E-state index in [-0.39, 0.29) is 5.78 Å². The van der Waals surface area contributed by atoms with Gasteiger partial charge in [0.05, 0.1) is 4.88 Å². The summed E-state index contributed by atoms with van der Waals surface area (Å²) in [6.07, 6.45) is 0. The van der Waals surface area contributed by atoms with Gasteiger partial charge in [0, 0.05) is 5.56 Å². The minimum Gasteiger partial charge on any atom is -0.288 e. The summed E-state index contributed by atoms with van der Waals surface area (Å²) in [5, 5.41) is 2.07. The zero-order valence-corrected chi connectivity index (χ0v) is 10.3. The van der Waals surface area contributed by atoms with Gasteiger partial charge >= 0.3 is 0 Å². The van der Waals surface area contributed by atoms with Gasteiger partial charge in [-0.05, 0) is 22.9 Å². The Kier molecular flexibility index (Phi) is 3.20. The summed E-state index contributed by atoms with van der Waals surface area (Å²) in [5.41, 5.74) is 2.00. The summed E-state index contributed by atoms with van der Waals surface area (Å²) in [6.45, 7) is 4.28. The Balaban J connectivity index is 2.28. The van der Waals surface area contributed by atoms with Gasteiger partial charge in [-0.3, -0.25) is 4.79 Å². The van der Waals surface area contributed by atoms with Crippen molar-refractivity contribution in [2.45, 2.75) is 19.8 Å². The predicted octanol–water partition coefficient (Wildman–Crippen LogP) is 4.10. The van der Waals surface area contributed by atoms with Crippen molar-refractivity contribution in [1.29, 1.82) is 0 Å². The van der Waals surface area contributed by atoms with Crippen LogP contribution in [0.25, 0.3) is 0 Å². The van der Waals surface area contributed by atoms with Crippen molar-refractivity contribution < 1.29 is 4.79 Å². The van der Waals surface area contributed by atoms with Gasteiger partial charge in [0.2, 0.25) is 5.78 Å². The zero-order valence-electron chi connectivity index (χ0n) is 9.44. The Hall–Kier alpha value is -1.41. The van der Waals surface area contributed by atoms with Crippen molar-refractivity contribution in [2.75, 3.05) is 0 Å². The van der Waals surface area contributed by atoms with Crippen LogP contribution in [-0.2, 0) is 0 Å². The number of carbonyl (C=O) groups is 1. The van der Waals surface area contributed by atoms with Crippen LogP contribution < -0.4 is 0 Å². The molecule has 1 heterocycles. The minimum atomic E-state index is 0.123. The van der Waals surface area contributed by atoms with E-state index >= 15 is 0 Å². The normalized spacial score (nSPS) is 10.7. The average molecular weight is 230 g/mol. The molecule has 0 saturated heterocycles. The molecule has 1 aromatic carbocycles. The van der Waals surface area contributed by atoms with Crippen molar-refractivity contribution in [3.8, 4) is 0 Å². The van der Waals surface area contributed by atoms with Crippen LogP contribution in [0.4, 0.5) is 0 Å². The summed E-state index contributed by atoms with van der Waals surface area (Å²) in [4.78, 5) is 12.9. The molecule has 2 heteroatoms. The van der Waals surface area contributed by atoms with Gasteiger partial charge in [-0.25, -0.2) is 0 Å². The van der Waals surface area contributed by atoms with Crippen molar-refractivity contribution in [1.82, 2.24) is 0 Å². The van der Waals surface area contributed by atoms with Crippen LogP contribution in [0.2, 0.25) is 0 Å². The van der Waals surface area contributed by atoms with Gasteiger partial charge in [0.25, 0.3) is 0 Å². The molecule has 2 rings (SSSR count). The van der Waals surface area contributed by atoms with E-state index in [1.165, 1.54) is 16.9 Å². The van der Waals surface area contributed by atoms with Gasteiger partial charge in [-0.1, -0.05) is 44.2 Å². The lowest BCUT2D eigenvalue weighted by Gasteiger charge is -1.98. The fraction of sp³-hybridized carbons (Fsp3) is 0.214. The van der Waals surface area contributed by atoms with Crippen molar-refractivity contribution in [2.24, 2.45) is 0 Å². The third-order valence-corrected chi connectivity index (χ3v) is 3.49. The molecule has 16 heavy (non-hydrogen) atoms. The fourth-order valence-corrected chi connectivity index (χ4v) is 2.54. The Bertz CT molecular complexity index is 482. The van der Waals surface area contributed by atoms with Gasteiger partial charge in [-0.2, -0.15) is 0 Å². The number of ketones is 1. The summed E-state index contributed by atoms with van der Waals surface area (Å²) in [5.74, 6) is 0.603. The lowest BCUT2D eigenvalue weighted by molar-refractivity contribution is 0.104. The molecule has 0 aliphatic heterocycles. The molecule has 0 amide bonds. The number of thiophene rings is 1. The second-order valence-electron chi connectivity index (χ2n) is 4.09. The lowest BCUT2D eigenvalue weighted by Crippen LogP contribution is -1.97. The maximum absolute atomic E-state index is 12.1. The minimum absolute atomic E-state index is 0.123. The Labute approximate surface area is 99.8 Å². The molecular weight excluding hydrogens is 216 g/mol. The average Bonchev–Trinajstić information content (AvgIpc) is 2.78. The fourth-order valence-electron chi connectivity index (χ4n) is 1.50. The molecule has 0 spiro atoms. The highest BCUT2D eigenvalue weighted by Gasteiger charge is 2.12. The van der Waals surface area contributed by atoms with Gasteiger partial charge < -0.3 is 0 Å². The van der Waals surface area contributed by atoms with E-state index in [2.05, 4.69) is 19.2 Å². The Morgan fingerprint density at radius 1 is 1.19 bits per heavy atom. The van der Waals surface area contributed by atoms with Gasteiger partial charge in [-0.15, -0.1) is 11.3 Å². The van der Waals surface area contributed by atoms with E-state index in [9.17, 15) is 4.79 Å². The van der Waals surface area contributed by atoms with E-state index in [1.807, 2.05) is 36.4 Å². The van der Waals surface area contributed by atoms with Crippen molar-refractivity contribution in [3.63, 3.8) is 0 Å². The number of carbonyl (C=O) groups excluding carboxylic acids is 1. The maximum atomic E-state index is 12.1. The zero-order chi connectivity index (χ0) is 11.5. The molecule has 0 aliphatic carbocycles. The first-order chi connectivity index (χ1) is 7.68. The molecule has 2 aromatic rings. The van der Waals surface area contributed by atoms with E-state index in [0.29, 0.717) is 5.92 Å². The molecule has 0 saturated carbocycles. The number of benzene rings is 1. The topological polar surface area (TPSA) is 17.1 Å². The summed E-state index contributed by atoms with van der Waals surface area (Å²) < 4.78 is 0. The second-order valence-corrected chi connectivity index (χ2v) is 5.01. The van der Waals surface area contributed by atoms with Crippen LogP contribution in [0.3, 0.4) is 0 Å². The predicted molar refractivity (Wildman–Crippen MR) is 68.3 cm³/mol. The molecule has 0 atom stereocenters. The summed E-state index contributed by atoms with van der Waals surface area (Å²) >= 11 is 1.53. The molecule has 0 fully saturated rings. The SMILES string of the molecule is CC(C)c1csc(C(=O)c2ccccc2)c1. The molecule has 0 radical (unpaired) electrons. The third kappa shape index (κ3) is 2.22. The molecule has 0 aliphatic rings. The number of hydrogen-bond donors (Lipinski definition) is 0. The maximum Gasteiger partial charge on any atom is 0.202 e. The highest BCUT2D eigenvalue weighted by Crippen LogP contribution is 2.23. The molecule has 0 unspecified atom stereocenters. The van der Waals surface area contributed by atoms with E-state index in [4.69, 9.17) is 0 Å². The van der Waals surface area contributed by atoms with Crippen molar-refractivity contribution in [3.05, 3.63) is 57.8 Å². The quantitative estimate of drug-likeness (QED) is 0.725. The van der Waals surface area contributed by atoms with E-state index < -0.39 is 0 Å². The largest absolute Gasteiger partial charge is 0.288 e. The summed E-state index contributed by atoms with van der Waals surface area (Å²) in [6, 6.07) is 11.4. The Morgan fingerprint density at radius 2 is 1.88 bits per heavy atom.